The Hall–Kier alpha value is -1.32. The summed E-state index contributed by atoms with van der Waals surface area (Å²) >= 11 is 0. The minimum absolute atomic E-state index is 0.216. The zero-order valence-electron chi connectivity index (χ0n) is 11.4. The highest BCUT2D eigenvalue weighted by atomic mass is 31.2. The second-order valence-corrected chi connectivity index (χ2v) is 7.32. The van der Waals surface area contributed by atoms with Crippen LogP contribution in [0.15, 0.2) is 18.2 Å². The molecule has 5 nitrogen and oxygen atoms in total. The third kappa shape index (κ3) is 2.07. The second kappa shape index (κ2) is 4.66. The number of carbonyl (C=O) groups excluding carboxylic acids is 1. The molecule has 1 aromatic rings. The fourth-order valence-corrected chi connectivity index (χ4v) is 3.85. The van der Waals surface area contributed by atoms with Crippen molar-refractivity contribution in [2.75, 3.05) is 13.7 Å². The average molecular weight is 284 g/mol. The van der Waals surface area contributed by atoms with Crippen molar-refractivity contribution in [2.24, 2.45) is 0 Å². The zero-order chi connectivity index (χ0) is 14.3. The van der Waals surface area contributed by atoms with Gasteiger partial charge in [-0.2, -0.15) is 0 Å². The lowest BCUT2D eigenvalue weighted by molar-refractivity contribution is 0.0665. The van der Waals surface area contributed by atoms with Crippen LogP contribution in [0.3, 0.4) is 0 Å². The number of hydrogen-bond donors (Lipinski definition) is 0. The molecule has 0 bridgehead atoms. The van der Waals surface area contributed by atoms with Gasteiger partial charge >= 0.3 is 13.6 Å². The molecule has 0 aromatic heterocycles. The van der Waals surface area contributed by atoms with E-state index in [0.29, 0.717) is 16.9 Å². The molecule has 0 saturated heterocycles. The van der Waals surface area contributed by atoms with E-state index >= 15 is 0 Å². The SMILES string of the molecule is CCOP1(=O)OC(=O)c2ccc(OC)cc2C1(C)C. The van der Waals surface area contributed by atoms with Crippen LogP contribution in [0, 0.1) is 0 Å². The van der Waals surface area contributed by atoms with Crippen LogP contribution < -0.4 is 4.74 Å². The average Bonchev–Trinajstić information content (AvgIpc) is 2.36. The third-order valence-electron chi connectivity index (χ3n) is 3.29. The molecule has 1 aliphatic rings. The van der Waals surface area contributed by atoms with E-state index in [1.807, 2.05) is 0 Å². The minimum Gasteiger partial charge on any atom is -0.497 e. The molecule has 0 radical (unpaired) electrons. The van der Waals surface area contributed by atoms with Crippen LogP contribution in [-0.4, -0.2) is 19.7 Å². The predicted octanol–water partition coefficient (Wildman–Crippen LogP) is 3.33. The van der Waals surface area contributed by atoms with Gasteiger partial charge in [0.05, 0.1) is 19.3 Å². The molecular formula is C13H17O5P. The third-order valence-corrected chi connectivity index (χ3v) is 5.91. The van der Waals surface area contributed by atoms with Crippen LogP contribution in [-0.2, 0) is 18.8 Å². The first-order valence-electron chi connectivity index (χ1n) is 6.03. The summed E-state index contributed by atoms with van der Waals surface area (Å²) in [5.41, 5.74) is 1.02. The Morgan fingerprint density at radius 3 is 2.63 bits per heavy atom. The molecule has 1 unspecified atom stereocenters. The van der Waals surface area contributed by atoms with E-state index in [0.717, 1.165) is 0 Å². The number of methoxy groups -OCH3 is 1. The Morgan fingerprint density at radius 2 is 2.05 bits per heavy atom. The van der Waals surface area contributed by atoms with Crippen molar-refractivity contribution in [1.82, 2.24) is 0 Å². The van der Waals surface area contributed by atoms with Crippen molar-refractivity contribution in [3.8, 4) is 5.75 Å². The van der Waals surface area contributed by atoms with E-state index in [9.17, 15) is 9.36 Å². The zero-order valence-corrected chi connectivity index (χ0v) is 12.3. The van der Waals surface area contributed by atoms with Gasteiger partial charge in [-0.25, -0.2) is 9.36 Å². The fourth-order valence-electron chi connectivity index (χ4n) is 2.11. The van der Waals surface area contributed by atoms with Crippen molar-refractivity contribution in [3.63, 3.8) is 0 Å². The Morgan fingerprint density at radius 1 is 1.37 bits per heavy atom. The minimum atomic E-state index is -3.54. The molecule has 6 heteroatoms. The van der Waals surface area contributed by atoms with E-state index in [2.05, 4.69) is 0 Å². The molecule has 0 saturated carbocycles. The first kappa shape index (κ1) is 14.1. The lowest BCUT2D eigenvalue weighted by Gasteiger charge is -2.37. The first-order chi connectivity index (χ1) is 8.85. The summed E-state index contributed by atoms with van der Waals surface area (Å²) < 4.78 is 28.2. The van der Waals surface area contributed by atoms with E-state index in [-0.39, 0.29) is 6.61 Å². The van der Waals surface area contributed by atoms with Gasteiger partial charge in [0.1, 0.15) is 10.9 Å². The largest absolute Gasteiger partial charge is 0.497 e. The molecule has 1 atom stereocenters. The molecular weight excluding hydrogens is 267 g/mol. The number of hydrogen-bond acceptors (Lipinski definition) is 5. The lowest BCUT2D eigenvalue weighted by Crippen LogP contribution is -2.30. The van der Waals surface area contributed by atoms with Crippen LogP contribution in [0.5, 0.6) is 5.75 Å². The number of rotatable bonds is 3. The van der Waals surface area contributed by atoms with Crippen LogP contribution in [0.4, 0.5) is 0 Å². The summed E-state index contributed by atoms with van der Waals surface area (Å²) in [5, 5.41) is -0.902. The van der Waals surface area contributed by atoms with Gasteiger partial charge < -0.3 is 9.26 Å². The van der Waals surface area contributed by atoms with E-state index in [1.165, 1.54) is 7.11 Å². The van der Waals surface area contributed by atoms with Crippen molar-refractivity contribution >= 4 is 13.6 Å². The highest BCUT2D eigenvalue weighted by Gasteiger charge is 2.52. The molecule has 0 fully saturated rings. The van der Waals surface area contributed by atoms with Gasteiger partial charge in [0, 0.05) is 0 Å². The van der Waals surface area contributed by atoms with E-state index < -0.39 is 18.7 Å². The summed E-state index contributed by atoms with van der Waals surface area (Å²) in [6, 6.07) is 5.00. The van der Waals surface area contributed by atoms with Crippen LogP contribution in [0.25, 0.3) is 0 Å². The van der Waals surface area contributed by atoms with Gasteiger partial charge in [-0.1, -0.05) is 0 Å². The monoisotopic (exact) mass is 284 g/mol. The molecule has 0 amide bonds. The van der Waals surface area contributed by atoms with Crippen molar-refractivity contribution in [3.05, 3.63) is 29.3 Å². The maximum Gasteiger partial charge on any atom is 0.391 e. The van der Waals surface area contributed by atoms with E-state index in [1.54, 1.807) is 39.0 Å². The van der Waals surface area contributed by atoms with Crippen molar-refractivity contribution in [2.45, 2.75) is 25.9 Å². The fraction of sp³-hybridized carbons (Fsp3) is 0.462. The second-order valence-electron chi connectivity index (χ2n) is 4.76. The maximum atomic E-state index is 12.8. The molecule has 0 spiro atoms. The van der Waals surface area contributed by atoms with Gasteiger partial charge in [-0.05, 0) is 44.5 Å². The van der Waals surface area contributed by atoms with Crippen molar-refractivity contribution in [1.29, 1.82) is 0 Å². The van der Waals surface area contributed by atoms with Crippen LogP contribution in [0.1, 0.15) is 36.7 Å². The topological polar surface area (TPSA) is 61.8 Å². The molecule has 1 aromatic carbocycles. The number of fused-ring (bicyclic) bond motifs is 1. The Balaban J connectivity index is 2.64. The quantitative estimate of drug-likeness (QED) is 0.797. The van der Waals surface area contributed by atoms with Gasteiger partial charge in [-0.15, -0.1) is 0 Å². The first-order valence-corrected chi connectivity index (χ1v) is 7.57. The Labute approximate surface area is 112 Å². The number of ether oxygens (including phenoxy) is 1. The van der Waals surface area contributed by atoms with Crippen molar-refractivity contribution < 1.29 is 23.1 Å². The number of benzene rings is 1. The smallest absolute Gasteiger partial charge is 0.391 e. The molecule has 104 valence electrons. The van der Waals surface area contributed by atoms with Gasteiger partial charge in [0.15, 0.2) is 0 Å². The molecule has 0 N–H and O–H groups in total. The van der Waals surface area contributed by atoms with Gasteiger partial charge in [0.25, 0.3) is 0 Å². The number of carbonyl (C=O) groups is 1. The summed E-state index contributed by atoms with van der Waals surface area (Å²) in [6.45, 7) is 5.42. The van der Waals surface area contributed by atoms with Crippen LogP contribution in [0.2, 0.25) is 0 Å². The van der Waals surface area contributed by atoms with Gasteiger partial charge in [-0.3, -0.25) is 4.52 Å². The predicted molar refractivity (Wildman–Crippen MR) is 70.7 cm³/mol. The molecule has 0 aliphatic carbocycles. The molecule has 19 heavy (non-hydrogen) atoms. The highest BCUT2D eigenvalue weighted by molar-refractivity contribution is 7.55. The molecule has 2 rings (SSSR count). The Kier molecular flexibility index (Phi) is 3.45. The summed E-state index contributed by atoms with van der Waals surface area (Å²) in [5.74, 6) is -0.0154. The van der Waals surface area contributed by atoms with Crippen LogP contribution >= 0.6 is 7.60 Å². The standard InChI is InChI=1S/C13H17O5P/c1-5-17-19(15)13(2,3)11-8-9(16-4)6-7-10(11)12(14)18-19/h6-8H,5H2,1-4H3. The summed E-state index contributed by atoms with van der Waals surface area (Å²) in [7, 11) is -2.00. The summed E-state index contributed by atoms with van der Waals surface area (Å²) in [6.07, 6.45) is 0. The van der Waals surface area contributed by atoms with E-state index in [4.69, 9.17) is 13.8 Å². The molecule has 1 heterocycles. The van der Waals surface area contributed by atoms with Gasteiger partial charge in [0.2, 0.25) is 0 Å². The molecule has 1 aliphatic heterocycles. The lowest BCUT2D eigenvalue weighted by atomic mass is 9.96. The maximum absolute atomic E-state index is 12.8. The Bertz CT molecular complexity index is 564. The highest BCUT2D eigenvalue weighted by Crippen LogP contribution is 2.67. The normalized spacial score (nSPS) is 24.5. The summed E-state index contributed by atoms with van der Waals surface area (Å²) in [4.78, 5) is 11.9.